The van der Waals surface area contributed by atoms with Crippen molar-refractivity contribution in [3.63, 3.8) is 0 Å². The van der Waals surface area contributed by atoms with Gasteiger partial charge in [-0.2, -0.15) is 0 Å². The van der Waals surface area contributed by atoms with Gasteiger partial charge in [0.2, 0.25) is 16.0 Å². The van der Waals surface area contributed by atoms with Gasteiger partial charge in [-0.05, 0) is 43.7 Å². The van der Waals surface area contributed by atoms with Crippen molar-refractivity contribution in [3.05, 3.63) is 66.4 Å². The lowest BCUT2D eigenvalue weighted by Crippen LogP contribution is -2.31. The predicted octanol–water partition coefficient (Wildman–Crippen LogP) is 3.38. The van der Waals surface area contributed by atoms with E-state index >= 15 is 0 Å². The van der Waals surface area contributed by atoms with Crippen LogP contribution >= 0.6 is 0 Å². The van der Waals surface area contributed by atoms with Crippen LogP contribution in [0.4, 0.5) is 5.95 Å². The number of benzene rings is 1. The molecule has 0 saturated heterocycles. The molecule has 36 heavy (non-hydrogen) atoms. The van der Waals surface area contributed by atoms with Gasteiger partial charge >= 0.3 is 0 Å². The quantitative estimate of drug-likeness (QED) is 0.360. The van der Waals surface area contributed by atoms with E-state index in [9.17, 15) is 8.42 Å². The minimum Gasteiger partial charge on any atom is -0.494 e. The standard InChI is InChI=1S/C24H27N7O4S/c1-15-13-26-22(27-14-15)16(2)17(3)36(32,33)30-24-29-28-23(18-9-6-7-12-25-18)31(24)21-19(34-4)10-8-11-20(21)35-5/h6-14,16-17H,1-5H3,(H,29,30). The summed E-state index contributed by atoms with van der Waals surface area (Å²) in [6, 6.07) is 10.6. The molecule has 3 heterocycles. The highest BCUT2D eigenvalue weighted by atomic mass is 32.2. The number of sulfonamides is 1. The van der Waals surface area contributed by atoms with Crippen molar-refractivity contribution in [3.8, 4) is 28.7 Å². The van der Waals surface area contributed by atoms with E-state index in [-0.39, 0.29) is 5.95 Å². The fourth-order valence-corrected chi connectivity index (χ4v) is 4.84. The molecular weight excluding hydrogens is 482 g/mol. The van der Waals surface area contributed by atoms with Crippen molar-refractivity contribution in [2.45, 2.75) is 31.9 Å². The Balaban J connectivity index is 1.81. The molecule has 2 atom stereocenters. The number of ether oxygens (including phenoxy) is 2. The average molecular weight is 510 g/mol. The van der Waals surface area contributed by atoms with Crippen LogP contribution in [0.25, 0.3) is 17.2 Å². The minimum atomic E-state index is -3.96. The van der Waals surface area contributed by atoms with Crippen molar-refractivity contribution in [1.82, 2.24) is 29.7 Å². The monoisotopic (exact) mass is 509 g/mol. The fraction of sp³-hybridized carbons (Fsp3) is 0.292. The number of hydrogen-bond donors (Lipinski definition) is 1. The van der Waals surface area contributed by atoms with E-state index in [0.717, 1.165) is 5.56 Å². The Morgan fingerprint density at radius 2 is 1.58 bits per heavy atom. The van der Waals surface area contributed by atoms with Gasteiger partial charge < -0.3 is 9.47 Å². The van der Waals surface area contributed by atoms with E-state index in [1.54, 1.807) is 68.8 Å². The number of methoxy groups -OCH3 is 2. The lowest BCUT2D eigenvalue weighted by atomic mass is 10.1. The maximum absolute atomic E-state index is 13.5. The zero-order valence-corrected chi connectivity index (χ0v) is 21.4. The molecular formula is C24H27N7O4S. The second-order valence-corrected chi connectivity index (χ2v) is 10.2. The first-order valence-corrected chi connectivity index (χ1v) is 12.7. The Hall–Kier alpha value is -4.06. The molecule has 0 amide bonds. The van der Waals surface area contributed by atoms with Crippen molar-refractivity contribution in [2.75, 3.05) is 18.9 Å². The van der Waals surface area contributed by atoms with Crippen LogP contribution < -0.4 is 14.2 Å². The number of para-hydroxylation sites is 1. The van der Waals surface area contributed by atoms with Crippen molar-refractivity contribution in [2.24, 2.45) is 0 Å². The van der Waals surface area contributed by atoms with Crippen molar-refractivity contribution >= 4 is 16.0 Å². The van der Waals surface area contributed by atoms with Gasteiger partial charge in [0.25, 0.3) is 0 Å². The van der Waals surface area contributed by atoms with Crippen LogP contribution in [-0.4, -0.2) is 57.6 Å². The molecule has 0 spiro atoms. The van der Waals surface area contributed by atoms with E-state index in [2.05, 4.69) is 29.9 Å². The Kier molecular flexibility index (Phi) is 7.15. The Bertz CT molecular complexity index is 1420. The predicted molar refractivity (Wildman–Crippen MR) is 135 cm³/mol. The number of anilines is 1. The highest BCUT2D eigenvalue weighted by Crippen LogP contribution is 2.37. The summed E-state index contributed by atoms with van der Waals surface area (Å²) in [5.74, 6) is 1.07. The van der Waals surface area contributed by atoms with Gasteiger partial charge in [0, 0.05) is 24.5 Å². The molecule has 0 bridgehead atoms. The van der Waals surface area contributed by atoms with Gasteiger partial charge in [0.1, 0.15) is 28.7 Å². The number of pyridine rings is 1. The zero-order valence-electron chi connectivity index (χ0n) is 20.6. The van der Waals surface area contributed by atoms with Crippen LogP contribution in [0, 0.1) is 6.92 Å². The molecule has 0 radical (unpaired) electrons. The number of nitrogens with zero attached hydrogens (tertiary/aromatic N) is 6. The van der Waals surface area contributed by atoms with Crippen LogP contribution in [-0.2, 0) is 10.0 Å². The first kappa shape index (κ1) is 25.0. The minimum absolute atomic E-state index is 0.0395. The SMILES string of the molecule is COc1cccc(OC)c1-n1c(NS(=O)(=O)C(C)C(C)c2ncc(C)cn2)nnc1-c1ccccn1. The largest absolute Gasteiger partial charge is 0.494 e. The lowest BCUT2D eigenvalue weighted by molar-refractivity contribution is 0.391. The Morgan fingerprint density at radius 3 is 2.17 bits per heavy atom. The van der Waals surface area contributed by atoms with Crippen molar-refractivity contribution in [1.29, 1.82) is 0 Å². The van der Waals surface area contributed by atoms with Gasteiger partial charge in [-0.1, -0.05) is 19.1 Å². The van der Waals surface area contributed by atoms with E-state index in [1.165, 1.54) is 18.8 Å². The fourth-order valence-electron chi connectivity index (χ4n) is 3.61. The molecule has 0 aliphatic rings. The molecule has 188 valence electrons. The number of rotatable bonds is 9. The van der Waals surface area contributed by atoms with Crippen LogP contribution in [0.15, 0.2) is 55.0 Å². The summed E-state index contributed by atoms with van der Waals surface area (Å²) in [5, 5.41) is 7.54. The summed E-state index contributed by atoms with van der Waals surface area (Å²) in [4.78, 5) is 13.0. The maximum atomic E-state index is 13.5. The maximum Gasteiger partial charge on any atom is 0.243 e. The van der Waals surface area contributed by atoms with Gasteiger partial charge in [0.15, 0.2) is 5.82 Å². The number of hydrogen-bond acceptors (Lipinski definition) is 9. The average Bonchev–Trinajstić information content (AvgIpc) is 3.30. The highest BCUT2D eigenvalue weighted by molar-refractivity contribution is 7.93. The molecule has 4 rings (SSSR count). The first-order valence-electron chi connectivity index (χ1n) is 11.1. The second-order valence-electron chi connectivity index (χ2n) is 8.17. The van der Waals surface area contributed by atoms with Crippen LogP contribution in [0.1, 0.15) is 31.2 Å². The molecule has 12 heteroatoms. The number of nitrogens with one attached hydrogen (secondary N) is 1. The lowest BCUT2D eigenvalue weighted by Gasteiger charge is -2.21. The summed E-state index contributed by atoms with van der Waals surface area (Å²) in [5.41, 5.74) is 1.80. The Morgan fingerprint density at radius 1 is 0.917 bits per heavy atom. The van der Waals surface area contributed by atoms with E-state index in [4.69, 9.17) is 9.47 Å². The van der Waals surface area contributed by atoms with Gasteiger partial charge in [-0.25, -0.2) is 18.4 Å². The van der Waals surface area contributed by atoms with E-state index < -0.39 is 21.2 Å². The van der Waals surface area contributed by atoms with Crippen molar-refractivity contribution < 1.29 is 17.9 Å². The van der Waals surface area contributed by atoms with Gasteiger partial charge in [-0.3, -0.25) is 14.3 Å². The first-order chi connectivity index (χ1) is 17.3. The number of aromatic nitrogens is 6. The molecule has 3 aromatic heterocycles. The summed E-state index contributed by atoms with van der Waals surface area (Å²) in [6.45, 7) is 5.23. The topological polar surface area (TPSA) is 134 Å². The molecule has 11 nitrogen and oxygen atoms in total. The molecule has 1 N–H and O–H groups in total. The second kappa shape index (κ2) is 10.3. The smallest absolute Gasteiger partial charge is 0.243 e. The normalized spacial score (nSPS) is 13.1. The third-order valence-electron chi connectivity index (χ3n) is 5.82. The highest BCUT2D eigenvalue weighted by Gasteiger charge is 2.32. The molecule has 0 aliphatic heterocycles. The van der Waals surface area contributed by atoms with Crippen LogP contribution in [0.3, 0.4) is 0 Å². The molecule has 4 aromatic rings. The van der Waals surface area contributed by atoms with E-state index in [1.807, 2.05) is 6.92 Å². The van der Waals surface area contributed by atoms with Gasteiger partial charge in [-0.15, -0.1) is 10.2 Å². The molecule has 2 unspecified atom stereocenters. The van der Waals surface area contributed by atoms with E-state index in [0.29, 0.717) is 34.5 Å². The summed E-state index contributed by atoms with van der Waals surface area (Å²) in [6.07, 6.45) is 4.94. The summed E-state index contributed by atoms with van der Waals surface area (Å²) in [7, 11) is -0.940. The molecule has 0 aliphatic carbocycles. The summed E-state index contributed by atoms with van der Waals surface area (Å²) < 4.78 is 42.3. The third-order valence-corrected chi connectivity index (χ3v) is 7.67. The molecule has 0 saturated carbocycles. The molecule has 0 fully saturated rings. The van der Waals surface area contributed by atoms with Crippen LogP contribution in [0.2, 0.25) is 0 Å². The zero-order chi connectivity index (χ0) is 25.9. The molecule has 1 aromatic carbocycles. The number of aryl methyl sites for hydroxylation is 1. The third kappa shape index (κ3) is 4.85. The van der Waals surface area contributed by atoms with Crippen LogP contribution in [0.5, 0.6) is 11.5 Å². The Labute approximate surface area is 209 Å². The summed E-state index contributed by atoms with van der Waals surface area (Å²) >= 11 is 0. The van der Waals surface area contributed by atoms with Gasteiger partial charge in [0.05, 0.1) is 19.5 Å².